The summed E-state index contributed by atoms with van der Waals surface area (Å²) in [5.74, 6) is 0.845. The van der Waals surface area contributed by atoms with Crippen LogP contribution in [-0.2, 0) is 13.1 Å². The van der Waals surface area contributed by atoms with Crippen molar-refractivity contribution in [1.82, 2.24) is 9.78 Å². The molecule has 0 saturated heterocycles. The van der Waals surface area contributed by atoms with Gasteiger partial charge in [-0.2, -0.15) is 5.10 Å². The van der Waals surface area contributed by atoms with Gasteiger partial charge in [-0.3, -0.25) is 4.68 Å². The van der Waals surface area contributed by atoms with Gasteiger partial charge in [-0.1, -0.05) is 12.1 Å². The van der Waals surface area contributed by atoms with Crippen LogP contribution in [0.15, 0.2) is 30.5 Å². The molecule has 0 spiro atoms. The highest BCUT2D eigenvalue weighted by Crippen LogP contribution is 2.31. The number of para-hydroxylation sites is 1. The molecule has 4 heteroatoms. The second-order valence-electron chi connectivity index (χ2n) is 3.74. The van der Waals surface area contributed by atoms with E-state index in [-0.39, 0.29) is 0 Å². The molecule has 0 amide bonds. The highest BCUT2D eigenvalue weighted by Gasteiger charge is 2.14. The van der Waals surface area contributed by atoms with Crippen LogP contribution < -0.4 is 10.5 Å². The predicted molar refractivity (Wildman–Crippen MR) is 67.8 cm³/mol. The maximum Gasteiger partial charge on any atom is 0.128 e. The van der Waals surface area contributed by atoms with E-state index in [2.05, 4.69) is 12.0 Å². The first-order chi connectivity index (χ1) is 8.31. The number of rotatable bonds is 4. The third kappa shape index (κ3) is 2.03. The van der Waals surface area contributed by atoms with Crippen molar-refractivity contribution in [1.29, 1.82) is 0 Å². The summed E-state index contributed by atoms with van der Waals surface area (Å²) in [6, 6.07) is 7.92. The molecule has 0 aliphatic carbocycles. The molecule has 2 N–H and O–H groups in total. The van der Waals surface area contributed by atoms with Crippen LogP contribution in [0.4, 0.5) is 0 Å². The van der Waals surface area contributed by atoms with Crippen molar-refractivity contribution >= 4 is 0 Å². The van der Waals surface area contributed by atoms with Gasteiger partial charge in [-0.05, 0) is 19.1 Å². The van der Waals surface area contributed by atoms with Crippen molar-refractivity contribution in [2.24, 2.45) is 5.73 Å². The summed E-state index contributed by atoms with van der Waals surface area (Å²) in [6.07, 6.45) is 1.82. The van der Waals surface area contributed by atoms with Crippen molar-refractivity contribution < 1.29 is 4.74 Å². The summed E-state index contributed by atoms with van der Waals surface area (Å²) in [6.45, 7) is 3.35. The second kappa shape index (κ2) is 5.01. The summed E-state index contributed by atoms with van der Waals surface area (Å²) in [5.41, 5.74) is 8.88. The molecule has 0 atom stereocenters. The average Bonchev–Trinajstić information content (AvgIpc) is 2.81. The van der Waals surface area contributed by atoms with Crippen LogP contribution in [0, 0.1) is 0 Å². The Bertz CT molecular complexity index is 484. The Kier molecular flexibility index (Phi) is 3.44. The van der Waals surface area contributed by atoms with E-state index >= 15 is 0 Å². The van der Waals surface area contributed by atoms with Gasteiger partial charge in [0.1, 0.15) is 5.75 Å². The molecule has 2 rings (SSSR count). The van der Waals surface area contributed by atoms with Crippen LogP contribution in [0.5, 0.6) is 5.75 Å². The van der Waals surface area contributed by atoms with Gasteiger partial charge < -0.3 is 10.5 Å². The van der Waals surface area contributed by atoms with Crippen molar-refractivity contribution in [2.75, 3.05) is 7.11 Å². The number of methoxy groups -OCH3 is 1. The average molecular weight is 231 g/mol. The molecule has 1 heterocycles. The molecule has 1 aromatic heterocycles. The number of aromatic nitrogens is 2. The third-order valence-electron chi connectivity index (χ3n) is 2.80. The van der Waals surface area contributed by atoms with Gasteiger partial charge in [0.25, 0.3) is 0 Å². The van der Waals surface area contributed by atoms with E-state index in [4.69, 9.17) is 10.5 Å². The molecule has 1 aromatic carbocycles. The van der Waals surface area contributed by atoms with Crippen LogP contribution in [-0.4, -0.2) is 16.9 Å². The minimum absolute atomic E-state index is 0.480. The zero-order valence-corrected chi connectivity index (χ0v) is 10.2. The van der Waals surface area contributed by atoms with E-state index in [1.54, 1.807) is 7.11 Å². The molecule has 0 unspecified atom stereocenters. The van der Waals surface area contributed by atoms with Gasteiger partial charge >= 0.3 is 0 Å². The first kappa shape index (κ1) is 11.7. The van der Waals surface area contributed by atoms with Crippen molar-refractivity contribution in [3.8, 4) is 17.0 Å². The largest absolute Gasteiger partial charge is 0.496 e. The summed E-state index contributed by atoms with van der Waals surface area (Å²) < 4.78 is 7.33. The Hall–Kier alpha value is -1.81. The molecule has 0 aliphatic rings. The quantitative estimate of drug-likeness (QED) is 0.876. The third-order valence-corrected chi connectivity index (χ3v) is 2.80. The van der Waals surface area contributed by atoms with Crippen LogP contribution in [0.3, 0.4) is 0 Å². The molecule has 0 fully saturated rings. The number of ether oxygens (including phenoxy) is 1. The number of benzene rings is 1. The Morgan fingerprint density at radius 2 is 2.12 bits per heavy atom. The Morgan fingerprint density at radius 3 is 2.76 bits per heavy atom. The minimum Gasteiger partial charge on any atom is -0.496 e. The minimum atomic E-state index is 0.480. The Balaban J connectivity index is 2.62. The topological polar surface area (TPSA) is 53.1 Å². The van der Waals surface area contributed by atoms with Gasteiger partial charge in [0.05, 0.1) is 19.0 Å². The van der Waals surface area contributed by atoms with Crippen molar-refractivity contribution in [3.63, 3.8) is 0 Å². The van der Waals surface area contributed by atoms with E-state index < -0.39 is 0 Å². The lowest BCUT2D eigenvalue weighted by Gasteiger charge is -2.11. The lowest BCUT2D eigenvalue weighted by molar-refractivity contribution is 0.416. The molecular formula is C13H17N3O. The number of hydrogen-bond acceptors (Lipinski definition) is 3. The Labute approximate surface area is 101 Å². The van der Waals surface area contributed by atoms with Gasteiger partial charge in [0.15, 0.2) is 0 Å². The number of aryl methyl sites for hydroxylation is 1. The number of hydrogen-bond donors (Lipinski definition) is 1. The van der Waals surface area contributed by atoms with Crippen molar-refractivity contribution in [3.05, 3.63) is 36.0 Å². The lowest BCUT2D eigenvalue weighted by atomic mass is 10.1. The van der Waals surface area contributed by atoms with E-state index in [1.165, 1.54) is 0 Å². The zero-order chi connectivity index (χ0) is 12.3. The normalized spacial score (nSPS) is 10.5. The van der Waals surface area contributed by atoms with E-state index in [0.717, 1.165) is 29.1 Å². The molecule has 0 saturated carbocycles. The summed E-state index contributed by atoms with van der Waals surface area (Å²) in [5, 5.41) is 4.34. The van der Waals surface area contributed by atoms with E-state index in [0.29, 0.717) is 6.54 Å². The molecule has 90 valence electrons. The summed E-state index contributed by atoms with van der Waals surface area (Å²) >= 11 is 0. The fourth-order valence-electron chi connectivity index (χ4n) is 1.97. The smallest absolute Gasteiger partial charge is 0.128 e. The fraction of sp³-hybridized carbons (Fsp3) is 0.308. The molecule has 0 radical (unpaired) electrons. The van der Waals surface area contributed by atoms with E-state index in [9.17, 15) is 0 Å². The van der Waals surface area contributed by atoms with Crippen LogP contribution in [0.25, 0.3) is 11.3 Å². The number of nitrogens with two attached hydrogens (primary N) is 1. The Morgan fingerprint density at radius 1 is 1.35 bits per heavy atom. The molecular weight excluding hydrogens is 214 g/mol. The number of nitrogens with zero attached hydrogens (tertiary/aromatic N) is 2. The predicted octanol–water partition coefficient (Wildman–Crippen LogP) is 2.04. The standard InChI is InChI=1S/C13H17N3O/c1-3-16-13(10(8-14)9-15-16)11-6-4-5-7-12(11)17-2/h4-7,9H,3,8,14H2,1-2H3. The molecule has 2 aromatic rings. The fourth-order valence-corrected chi connectivity index (χ4v) is 1.97. The SMILES string of the molecule is CCn1ncc(CN)c1-c1ccccc1OC. The molecule has 17 heavy (non-hydrogen) atoms. The summed E-state index contributed by atoms with van der Waals surface area (Å²) in [4.78, 5) is 0. The van der Waals surface area contributed by atoms with E-state index in [1.807, 2.05) is 35.1 Å². The van der Waals surface area contributed by atoms with Crippen LogP contribution in [0.2, 0.25) is 0 Å². The van der Waals surface area contributed by atoms with Gasteiger partial charge in [-0.25, -0.2) is 0 Å². The zero-order valence-electron chi connectivity index (χ0n) is 10.2. The highest BCUT2D eigenvalue weighted by atomic mass is 16.5. The molecule has 0 aliphatic heterocycles. The lowest BCUT2D eigenvalue weighted by Crippen LogP contribution is -2.03. The van der Waals surface area contributed by atoms with Gasteiger partial charge in [0.2, 0.25) is 0 Å². The molecule has 0 bridgehead atoms. The monoisotopic (exact) mass is 231 g/mol. The second-order valence-corrected chi connectivity index (χ2v) is 3.74. The highest BCUT2D eigenvalue weighted by molar-refractivity contribution is 5.70. The first-order valence-electron chi connectivity index (χ1n) is 5.70. The maximum atomic E-state index is 5.75. The van der Waals surface area contributed by atoms with Gasteiger partial charge in [-0.15, -0.1) is 0 Å². The first-order valence-corrected chi connectivity index (χ1v) is 5.70. The van der Waals surface area contributed by atoms with Gasteiger partial charge in [0, 0.05) is 24.2 Å². The van der Waals surface area contributed by atoms with Crippen LogP contribution in [0.1, 0.15) is 12.5 Å². The maximum absolute atomic E-state index is 5.75. The van der Waals surface area contributed by atoms with Crippen LogP contribution >= 0.6 is 0 Å². The summed E-state index contributed by atoms with van der Waals surface area (Å²) in [7, 11) is 1.67. The van der Waals surface area contributed by atoms with Crippen molar-refractivity contribution in [2.45, 2.75) is 20.0 Å². The molecule has 4 nitrogen and oxygen atoms in total.